The van der Waals surface area contributed by atoms with Crippen molar-refractivity contribution in [1.82, 2.24) is 0 Å². The van der Waals surface area contributed by atoms with Gasteiger partial charge in [-0.3, -0.25) is 0 Å². The molecule has 56 valence electrons. The Morgan fingerprint density at radius 1 is 1.40 bits per heavy atom. The third-order valence-electron chi connectivity index (χ3n) is 0.499. The molecule has 0 saturated carbocycles. The zero-order chi connectivity index (χ0) is 7.28. The first-order valence-electron chi connectivity index (χ1n) is 2.19. The summed E-state index contributed by atoms with van der Waals surface area (Å²) in [6.07, 6.45) is 0. The Balaban J connectivity index is 0. The first-order valence-corrected chi connectivity index (χ1v) is 2.19. The van der Waals surface area contributed by atoms with Gasteiger partial charge in [0.1, 0.15) is 6.61 Å². The Hall–Kier alpha value is 0.160. The molecule has 0 fully saturated rings. The number of aliphatic hydroxyl groups excluding tert-OH is 1. The van der Waals surface area contributed by atoms with Gasteiger partial charge in [0.25, 0.3) is 0 Å². The summed E-state index contributed by atoms with van der Waals surface area (Å²) < 4.78 is 3.96. The van der Waals surface area contributed by atoms with Gasteiger partial charge in [0.15, 0.2) is 0 Å². The molecule has 0 radical (unpaired) electrons. The van der Waals surface area contributed by atoms with Gasteiger partial charge in [-0.25, -0.2) is 9.59 Å². The third kappa shape index (κ3) is 6.28. The van der Waals surface area contributed by atoms with Gasteiger partial charge in [-0.2, -0.15) is 0 Å². The number of carboxylic acids is 1. The number of carbonyl (C=O) groups is 2. The second-order valence-electron chi connectivity index (χ2n) is 1.16. The predicted molar refractivity (Wildman–Crippen MR) is 34.2 cm³/mol. The second kappa shape index (κ2) is 7.27. The minimum atomic E-state index is -1.65. The van der Waals surface area contributed by atoms with Crippen molar-refractivity contribution in [1.29, 1.82) is 0 Å². The number of carbonyl (C=O) groups excluding carboxylic acids is 1. The van der Waals surface area contributed by atoms with Gasteiger partial charge >= 0.3 is 49.7 Å². The maximum absolute atomic E-state index is 9.97. The van der Waals surface area contributed by atoms with E-state index in [0.717, 1.165) is 0 Å². The Kier molecular flexibility index (Phi) is 9.31. The molecule has 6 heteroatoms. The molecule has 2 N–H and O–H groups in total. The Bertz CT molecular complexity index is 123. The van der Waals surface area contributed by atoms with Gasteiger partial charge in [0.05, 0.1) is 6.61 Å². The number of aliphatic carboxylic acids is 1. The van der Waals surface area contributed by atoms with Crippen LogP contribution in [-0.2, 0) is 14.3 Å². The standard InChI is InChI=1S/C4H6O5.Ca.2H/c5-1-2-9-4(8)3(6)7;;;/h5H,1-2H2,(H,6,7);;;. The summed E-state index contributed by atoms with van der Waals surface area (Å²) in [6.45, 7) is -0.635. The molecule has 0 aromatic carbocycles. The van der Waals surface area contributed by atoms with Crippen LogP contribution >= 0.6 is 0 Å². The summed E-state index contributed by atoms with van der Waals surface area (Å²) in [5.74, 6) is -2.99. The van der Waals surface area contributed by atoms with E-state index in [1.807, 2.05) is 0 Å². The molecule has 10 heavy (non-hydrogen) atoms. The number of ether oxygens (including phenoxy) is 1. The van der Waals surface area contributed by atoms with Gasteiger partial charge in [0, 0.05) is 0 Å². The van der Waals surface area contributed by atoms with Crippen molar-refractivity contribution in [2.75, 3.05) is 13.2 Å². The number of aliphatic hydroxyl groups is 1. The van der Waals surface area contributed by atoms with Crippen LogP contribution in [0.15, 0.2) is 0 Å². The first kappa shape index (κ1) is 12.8. The van der Waals surface area contributed by atoms with Gasteiger partial charge < -0.3 is 14.9 Å². The van der Waals surface area contributed by atoms with Gasteiger partial charge in [-0.15, -0.1) is 0 Å². The molecule has 0 aliphatic rings. The Morgan fingerprint density at radius 3 is 2.20 bits per heavy atom. The van der Waals surface area contributed by atoms with E-state index >= 15 is 0 Å². The van der Waals surface area contributed by atoms with Gasteiger partial charge in [0.2, 0.25) is 0 Å². The van der Waals surface area contributed by atoms with Crippen molar-refractivity contribution >= 4 is 49.7 Å². The molecule has 0 unspecified atom stereocenters. The Morgan fingerprint density at radius 2 is 1.90 bits per heavy atom. The van der Waals surface area contributed by atoms with Gasteiger partial charge in [-0.05, 0) is 0 Å². The van der Waals surface area contributed by atoms with Crippen molar-refractivity contribution in [3.05, 3.63) is 0 Å². The van der Waals surface area contributed by atoms with Crippen LogP contribution in [0.3, 0.4) is 0 Å². The molecule has 0 aliphatic carbocycles. The number of hydrogen-bond acceptors (Lipinski definition) is 4. The summed E-state index contributed by atoms with van der Waals surface area (Å²) in [4.78, 5) is 19.6. The van der Waals surface area contributed by atoms with Crippen LogP contribution in [0.5, 0.6) is 0 Å². The van der Waals surface area contributed by atoms with Crippen molar-refractivity contribution in [2.24, 2.45) is 0 Å². The van der Waals surface area contributed by atoms with Gasteiger partial charge in [-0.1, -0.05) is 0 Å². The molecule has 0 rings (SSSR count). The molecular formula is C4H8CaO5. The monoisotopic (exact) mass is 176 g/mol. The van der Waals surface area contributed by atoms with E-state index in [1.54, 1.807) is 0 Å². The van der Waals surface area contributed by atoms with E-state index in [9.17, 15) is 9.59 Å². The SMILES string of the molecule is O=C(O)C(=O)OCCO.[CaH2]. The molecule has 0 saturated heterocycles. The van der Waals surface area contributed by atoms with Crippen molar-refractivity contribution in [3.63, 3.8) is 0 Å². The fraction of sp³-hybridized carbons (Fsp3) is 0.500. The average Bonchev–Trinajstić information content (AvgIpc) is 1.82. The molecule has 0 bridgehead atoms. The molecule has 0 atom stereocenters. The van der Waals surface area contributed by atoms with Crippen LogP contribution in [0.2, 0.25) is 0 Å². The van der Waals surface area contributed by atoms with E-state index in [-0.39, 0.29) is 51.0 Å². The zero-order valence-electron chi connectivity index (χ0n) is 4.53. The topological polar surface area (TPSA) is 83.8 Å². The van der Waals surface area contributed by atoms with E-state index in [0.29, 0.717) is 0 Å². The van der Waals surface area contributed by atoms with Crippen molar-refractivity contribution in [3.8, 4) is 0 Å². The number of rotatable bonds is 2. The van der Waals surface area contributed by atoms with E-state index < -0.39 is 11.9 Å². The minimum absolute atomic E-state index is 0. The van der Waals surface area contributed by atoms with Crippen molar-refractivity contribution < 1.29 is 24.5 Å². The van der Waals surface area contributed by atoms with E-state index in [1.165, 1.54) is 0 Å². The van der Waals surface area contributed by atoms with Crippen LogP contribution in [0.4, 0.5) is 0 Å². The normalized spacial score (nSPS) is 7.70. The van der Waals surface area contributed by atoms with E-state index in [2.05, 4.69) is 4.74 Å². The first-order chi connectivity index (χ1) is 4.18. The van der Waals surface area contributed by atoms with Crippen LogP contribution in [0, 0.1) is 0 Å². The van der Waals surface area contributed by atoms with Crippen LogP contribution < -0.4 is 0 Å². The molecule has 0 heterocycles. The van der Waals surface area contributed by atoms with Crippen LogP contribution in [-0.4, -0.2) is 73.1 Å². The number of esters is 1. The molecule has 0 spiro atoms. The average molecular weight is 176 g/mol. The predicted octanol–water partition coefficient (Wildman–Crippen LogP) is -2.31. The molecule has 0 aromatic heterocycles. The van der Waals surface area contributed by atoms with Crippen molar-refractivity contribution in [2.45, 2.75) is 0 Å². The zero-order valence-corrected chi connectivity index (χ0v) is 4.53. The summed E-state index contributed by atoms with van der Waals surface area (Å²) in [5.41, 5.74) is 0. The van der Waals surface area contributed by atoms with E-state index in [4.69, 9.17) is 10.2 Å². The molecule has 0 amide bonds. The number of hydrogen-bond donors (Lipinski definition) is 2. The Labute approximate surface area is 87.0 Å². The second-order valence-corrected chi connectivity index (χ2v) is 1.16. The maximum atomic E-state index is 9.97. The molecule has 0 aromatic rings. The molecule has 5 nitrogen and oxygen atoms in total. The summed E-state index contributed by atoms with van der Waals surface area (Å²) in [6, 6.07) is 0. The molecule has 0 aliphatic heterocycles. The van der Waals surface area contributed by atoms with Crippen LogP contribution in [0.25, 0.3) is 0 Å². The molecular weight excluding hydrogens is 168 g/mol. The number of carboxylic acid groups (broad SMARTS) is 1. The fourth-order valence-electron chi connectivity index (χ4n) is 0.200. The van der Waals surface area contributed by atoms with Crippen LogP contribution in [0.1, 0.15) is 0 Å². The quantitative estimate of drug-likeness (QED) is 0.280. The summed E-state index contributed by atoms with van der Waals surface area (Å²) >= 11 is 0. The summed E-state index contributed by atoms with van der Waals surface area (Å²) in [5, 5.41) is 15.9. The third-order valence-corrected chi connectivity index (χ3v) is 0.499. The fourth-order valence-corrected chi connectivity index (χ4v) is 0.200. The summed E-state index contributed by atoms with van der Waals surface area (Å²) in [7, 11) is 0.